The lowest BCUT2D eigenvalue weighted by Gasteiger charge is -2.12. The molecule has 4 heteroatoms. The first kappa shape index (κ1) is 12.0. The lowest BCUT2D eigenvalue weighted by molar-refractivity contribution is 0.114. The van der Waals surface area contributed by atoms with Crippen LogP contribution in [0.15, 0.2) is 28.7 Å². The summed E-state index contributed by atoms with van der Waals surface area (Å²) in [7, 11) is 0. The second kappa shape index (κ2) is 5.75. The lowest BCUT2D eigenvalue weighted by Crippen LogP contribution is -2.31. The van der Waals surface area contributed by atoms with E-state index in [1.54, 1.807) is 0 Å². The number of benzene rings is 1. The van der Waals surface area contributed by atoms with Crippen molar-refractivity contribution < 1.29 is 4.74 Å². The summed E-state index contributed by atoms with van der Waals surface area (Å²) in [6.45, 7) is 1.70. The Balaban J connectivity index is 1.85. The molecule has 0 aliphatic carbocycles. The zero-order chi connectivity index (χ0) is 11.4. The Bertz CT molecular complexity index is 360. The number of hydrogen-bond acceptors (Lipinski definition) is 2. The molecule has 1 aliphatic rings. The first-order chi connectivity index (χ1) is 7.75. The third kappa shape index (κ3) is 3.27. The van der Waals surface area contributed by atoms with Crippen molar-refractivity contribution in [3.63, 3.8) is 0 Å². The molecule has 1 fully saturated rings. The van der Waals surface area contributed by atoms with Crippen molar-refractivity contribution in [2.45, 2.75) is 18.9 Å². The van der Waals surface area contributed by atoms with E-state index >= 15 is 0 Å². The van der Waals surface area contributed by atoms with Gasteiger partial charge >= 0.3 is 0 Å². The van der Waals surface area contributed by atoms with E-state index in [2.05, 4.69) is 21.2 Å². The lowest BCUT2D eigenvalue weighted by atomic mass is 10.2. The molecule has 2 rings (SSSR count). The average Bonchev–Trinajstić information content (AvgIpc) is 2.80. The summed E-state index contributed by atoms with van der Waals surface area (Å²) in [6.07, 6.45) is 2.63. The maximum absolute atomic E-state index is 5.53. The second-order valence-electron chi connectivity index (χ2n) is 3.85. The summed E-state index contributed by atoms with van der Waals surface area (Å²) in [5.41, 5.74) is 1.05. The van der Waals surface area contributed by atoms with Gasteiger partial charge in [0.15, 0.2) is 0 Å². The van der Waals surface area contributed by atoms with Gasteiger partial charge in [0, 0.05) is 23.2 Å². The Morgan fingerprint density at radius 1 is 1.44 bits per heavy atom. The molecule has 1 aromatic carbocycles. The van der Waals surface area contributed by atoms with Crippen molar-refractivity contribution in [1.82, 2.24) is 5.32 Å². The van der Waals surface area contributed by atoms with Crippen molar-refractivity contribution in [1.29, 1.82) is 0 Å². The van der Waals surface area contributed by atoms with E-state index in [-0.39, 0.29) is 0 Å². The standard InChI is InChI=1S/C12H14BrNOS/c13-10-5-3-9(4-6-10)12(16)14-8-11-2-1-7-15-11/h3-6,11H,1-2,7-8H2,(H,14,16)/t11-/m0/s1. The van der Waals surface area contributed by atoms with E-state index in [0.29, 0.717) is 6.10 Å². The topological polar surface area (TPSA) is 21.3 Å². The minimum atomic E-state index is 0.327. The largest absolute Gasteiger partial charge is 0.376 e. The monoisotopic (exact) mass is 299 g/mol. The van der Waals surface area contributed by atoms with Crippen LogP contribution in [0.3, 0.4) is 0 Å². The Morgan fingerprint density at radius 2 is 2.19 bits per heavy atom. The number of halogens is 1. The van der Waals surface area contributed by atoms with Crippen LogP contribution < -0.4 is 5.32 Å². The maximum Gasteiger partial charge on any atom is 0.106 e. The Morgan fingerprint density at radius 3 is 2.81 bits per heavy atom. The van der Waals surface area contributed by atoms with Gasteiger partial charge in [0.1, 0.15) is 4.99 Å². The van der Waals surface area contributed by atoms with Crippen molar-refractivity contribution in [3.05, 3.63) is 34.3 Å². The number of thiocarbonyl (C=S) groups is 1. The maximum atomic E-state index is 5.53. The number of rotatable bonds is 3. The highest BCUT2D eigenvalue weighted by molar-refractivity contribution is 9.10. The molecule has 0 bridgehead atoms. The Labute approximate surface area is 110 Å². The van der Waals surface area contributed by atoms with Crippen LogP contribution in [0, 0.1) is 0 Å². The zero-order valence-electron chi connectivity index (χ0n) is 8.91. The van der Waals surface area contributed by atoms with Crippen LogP contribution in [-0.2, 0) is 4.74 Å². The molecule has 0 saturated carbocycles. The molecule has 1 heterocycles. The summed E-state index contributed by atoms with van der Waals surface area (Å²) < 4.78 is 6.60. The molecule has 0 amide bonds. The molecule has 1 aromatic rings. The first-order valence-electron chi connectivity index (χ1n) is 5.41. The van der Waals surface area contributed by atoms with Gasteiger partial charge in [-0.2, -0.15) is 0 Å². The van der Waals surface area contributed by atoms with Crippen molar-refractivity contribution in [2.75, 3.05) is 13.2 Å². The average molecular weight is 300 g/mol. The van der Waals surface area contributed by atoms with E-state index in [4.69, 9.17) is 17.0 Å². The van der Waals surface area contributed by atoms with Crippen LogP contribution in [0.4, 0.5) is 0 Å². The number of hydrogen-bond donors (Lipinski definition) is 1. The molecular weight excluding hydrogens is 286 g/mol. The molecule has 86 valence electrons. The van der Waals surface area contributed by atoms with Crippen LogP contribution >= 0.6 is 28.1 Å². The normalized spacial score (nSPS) is 19.7. The smallest absolute Gasteiger partial charge is 0.106 e. The Kier molecular flexibility index (Phi) is 4.32. The molecule has 0 radical (unpaired) electrons. The van der Waals surface area contributed by atoms with Gasteiger partial charge in [-0.1, -0.05) is 40.3 Å². The Hall–Kier alpha value is -0.450. The van der Waals surface area contributed by atoms with E-state index in [9.17, 15) is 0 Å². The molecule has 16 heavy (non-hydrogen) atoms. The molecule has 1 aliphatic heterocycles. The highest BCUT2D eigenvalue weighted by Crippen LogP contribution is 2.12. The predicted octanol–water partition coefficient (Wildman–Crippen LogP) is 2.89. The summed E-state index contributed by atoms with van der Waals surface area (Å²) >= 11 is 8.72. The fourth-order valence-corrected chi connectivity index (χ4v) is 2.20. The molecule has 1 atom stereocenters. The molecular formula is C12H14BrNOS. The van der Waals surface area contributed by atoms with E-state index in [1.165, 1.54) is 0 Å². The third-order valence-electron chi connectivity index (χ3n) is 2.62. The van der Waals surface area contributed by atoms with Gasteiger partial charge in [0.2, 0.25) is 0 Å². The summed E-state index contributed by atoms with van der Waals surface area (Å²) in [5, 5.41) is 3.25. The molecule has 2 nitrogen and oxygen atoms in total. The van der Waals surface area contributed by atoms with Crippen molar-refractivity contribution >= 4 is 33.1 Å². The highest BCUT2D eigenvalue weighted by atomic mass is 79.9. The quantitative estimate of drug-likeness (QED) is 0.867. The van der Waals surface area contributed by atoms with Crippen molar-refractivity contribution in [2.24, 2.45) is 0 Å². The minimum Gasteiger partial charge on any atom is -0.376 e. The number of ether oxygens (including phenoxy) is 1. The van der Waals surface area contributed by atoms with Crippen LogP contribution in [0.1, 0.15) is 18.4 Å². The van der Waals surface area contributed by atoms with Crippen LogP contribution in [-0.4, -0.2) is 24.2 Å². The predicted molar refractivity (Wildman–Crippen MR) is 72.8 cm³/mol. The molecule has 0 unspecified atom stereocenters. The van der Waals surface area contributed by atoms with Crippen LogP contribution in [0.2, 0.25) is 0 Å². The van der Waals surface area contributed by atoms with Crippen molar-refractivity contribution in [3.8, 4) is 0 Å². The number of nitrogens with one attached hydrogen (secondary N) is 1. The van der Waals surface area contributed by atoms with Gasteiger partial charge in [0.05, 0.1) is 6.10 Å². The highest BCUT2D eigenvalue weighted by Gasteiger charge is 2.15. The van der Waals surface area contributed by atoms with E-state index in [1.807, 2.05) is 24.3 Å². The van der Waals surface area contributed by atoms with Crippen LogP contribution in [0.25, 0.3) is 0 Å². The molecule has 1 N–H and O–H groups in total. The second-order valence-corrected chi connectivity index (χ2v) is 5.18. The van der Waals surface area contributed by atoms with Gasteiger partial charge in [-0.25, -0.2) is 0 Å². The minimum absolute atomic E-state index is 0.327. The molecule has 0 aromatic heterocycles. The van der Waals surface area contributed by atoms with Gasteiger partial charge in [-0.15, -0.1) is 0 Å². The SMILES string of the molecule is S=C(NC[C@@H]1CCCO1)c1ccc(Br)cc1. The van der Waals surface area contributed by atoms with E-state index in [0.717, 1.165) is 41.0 Å². The third-order valence-corrected chi connectivity index (χ3v) is 3.53. The van der Waals surface area contributed by atoms with E-state index < -0.39 is 0 Å². The summed E-state index contributed by atoms with van der Waals surface area (Å²) in [5.74, 6) is 0. The van der Waals surface area contributed by atoms with Crippen LogP contribution in [0.5, 0.6) is 0 Å². The molecule has 1 saturated heterocycles. The van der Waals surface area contributed by atoms with Gasteiger partial charge in [-0.3, -0.25) is 0 Å². The van der Waals surface area contributed by atoms with Gasteiger partial charge in [0.25, 0.3) is 0 Å². The fraction of sp³-hybridized carbons (Fsp3) is 0.417. The molecule has 0 spiro atoms. The zero-order valence-corrected chi connectivity index (χ0v) is 11.3. The summed E-state index contributed by atoms with van der Waals surface area (Å²) in [6, 6.07) is 8.01. The fourth-order valence-electron chi connectivity index (χ4n) is 1.72. The van der Waals surface area contributed by atoms with Gasteiger partial charge < -0.3 is 10.1 Å². The summed E-state index contributed by atoms with van der Waals surface area (Å²) in [4.78, 5) is 0.794. The van der Waals surface area contributed by atoms with Gasteiger partial charge in [-0.05, 0) is 25.0 Å². The first-order valence-corrected chi connectivity index (χ1v) is 6.61.